The molecule has 0 N–H and O–H groups in total. The third-order valence-electron chi connectivity index (χ3n) is 3.79. The van der Waals surface area contributed by atoms with Crippen LogP contribution in [-0.4, -0.2) is 14.2 Å². The van der Waals surface area contributed by atoms with Gasteiger partial charge in [-0.2, -0.15) is 0 Å². The van der Waals surface area contributed by atoms with E-state index in [1.165, 1.54) is 18.4 Å². The average molecular weight is 236 g/mol. The molecule has 17 heavy (non-hydrogen) atoms. The molecule has 0 aliphatic rings. The number of methoxy groups -OCH3 is 2. The lowest BCUT2D eigenvalue weighted by Gasteiger charge is -2.27. The molecule has 0 fully saturated rings. The van der Waals surface area contributed by atoms with Crippen LogP contribution < -0.4 is 9.47 Å². The van der Waals surface area contributed by atoms with Crippen molar-refractivity contribution in [3.63, 3.8) is 0 Å². The standard InChI is InChI=1S/C15H24O2/c1-6-15(3,7-2)11-12-8-9-13(16-4)14(10-12)17-5/h8-10H,6-7,11H2,1-5H3. The fourth-order valence-electron chi connectivity index (χ4n) is 1.98. The largest absolute Gasteiger partial charge is 0.493 e. The van der Waals surface area contributed by atoms with Gasteiger partial charge in [0, 0.05) is 0 Å². The van der Waals surface area contributed by atoms with Crippen LogP contribution in [0.3, 0.4) is 0 Å². The van der Waals surface area contributed by atoms with Gasteiger partial charge in [-0.3, -0.25) is 0 Å². The molecule has 2 heteroatoms. The van der Waals surface area contributed by atoms with Crippen LogP contribution in [0.5, 0.6) is 11.5 Å². The highest BCUT2D eigenvalue weighted by Gasteiger charge is 2.20. The van der Waals surface area contributed by atoms with Gasteiger partial charge in [0.05, 0.1) is 14.2 Å². The van der Waals surface area contributed by atoms with Gasteiger partial charge in [0.15, 0.2) is 11.5 Å². The highest BCUT2D eigenvalue weighted by Crippen LogP contribution is 2.34. The molecular weight excluding hydrogens is 212 g/mol. The minimum atomic E-state index is 0.375. The van der Waals surface area contributed by atoms with Gasteiger partial charge in [0.2, 0.25) is 0 Å². The summed E-state index contributed by atoms with van der Waals surface area (Å²) in [5.74, 6) is 1.62. The summed E-state index contributed by atoms with van der Waals surface area (Å²) in [4.78, 5) is 0. The first kappa shape index (κ1) is 13.9. The molecule has 96 valence electrons. The second kappa shape index (κ2) is 5.95. The first-order chi connectivity index (χ1) is 8.08. The lowest BCUT2D eigenvalue weighted by molar-refractivity contribution is 0.294. The van der Waals surface area contributed by atoms with Crippen LogP contribution in [0.25, 0.3) is 0 Å². The zero-order valence-corrected chi connectivity index (χ0v) is 11.7. The Kier molecular flexibility index (Phi) is 4.86. The van der Waals surface area contributed by atoms with Crippen molar-refractivity contribution in [2.24, 2.45) is 5.41 Å². The molecule has 0 bridgehead atoms. The Morgan fingerprint density at radius 2 is 1.59 bits per heavy atom. The van der Waals surface area contributed by atoms with Crippen LogP contribution >= 0.6 is 0 Å². The highest BCUT2D eigenvalue weighted by atomic mass is 16.5. The van der Waals surface area contributed by atoms with E-state index in [4.69, 9.17) is 9.47 Å². The van der Waals surface area contributed by atoms with Gasteiger partial charge in [-0.1, -0.05) is 39.7 Å². The quantitative estimate of drug-likeness (QED) is 0.741. The number of rotatable bonds is 6. The summed E-state index contributed by atoms with van der Waals surface area (Å²) in [5.41, 5.74) is 1.69. The van der Waals surface area contributed by atoms with Crippen LogP contribution in [0, 0.1) is 5.41 Å². The van der Waals surface area contributed by atoms with Crippen molar-refractivity contribution >= 4 is 0 Å². The summed E-state index contributed by atoms with van der Waals surface area (Å²) in [7, 11) is 3.35. The first-order valence-electron chi connectivity index (χ1n) is 6.29. The maximum Gasteiger partial charge on any atom is 0.160 e. The van der Waals surface area contributed by atoms with E-state index < -0.39 is 0 Å². The average Bonchev–Trinajstić information content (AvgIpc) is 2.38. The lowest BCUT2D eigenvalue weighted by atomic mass is 9.79. The summed E-state index contributed by atoms with van der Waals surface area (Å²) in [5, 5.41) is 0. The second-order valence-corrected chi connectivity index (χ2v) is 4.88. The smallest absolute Gasteiger partial charge is 0.160 e. The van der Waals surface area contributed by atoms with E-state index in [0.29, 0.717) is 5.41 Å². The molecule has 2 nitrogen and oxygen atoms in total. The molecule has 0 spiro atoms. The van der Waals surface area contributed by atoms with E-state index in [-0.39, 0.29) is 0 Å². The SMILES string of the molecule is CCC(C)(CC)Cc1ccc(OC)c(OC)c1. The Morgan fingerprint density at radius 1 is 1.00 bits per heavy atom. The highest BCUT2D eigenvalue weighted by molar-refractivity contribution is 5.43. The summed E-state index contributed by atoms with van der Waals surface area (Å²) in [6.45, 7) is 6.85. The maximum atomic E-state index is 5.33. The van der Waals surface area contributed by atoms with Crippen molar-refractivity contribution in [2.45, 2.75) is 40.0 Å². The van der Waals surface area contributed by atoms with Crippen LogP contribution in [0.1, 0.15) is 39.2 Å². The fraction of sp³-hybridized carbons (Fsp3) is 0.600. The van der Waals surface area contributed by atoms with Gasteiger partial charge in [0.25, 0.3) is 0 Å². The Balaban J connectivity index is 2.93. The molecule has 1 rings (SSSR count). The van der Waals surface area contributed by atoms with Gasteiger partial charge >= 0.3 is 0 Å². The molecule has 0 aromatic heterocycles. The molecule has 0 radical (unpaired) electrons. The Morgan fingerprint density at radius 3 is 2.06 bits per heavy atom. The lowest BCUT2D eigenvalue weighted by Crippen LogP contribution is -2.17. The first-order valence-corrected chi connectivity index (χ1v) is 6.29. The van der Waals surface area contributed by atoms with Gasteiger partial charge in [-0.25, -0.2) is 0 Å². The van der Waals surface area contributed by atoms with Crippen molar-refractivity contribution in [2.75, 3.05) is 14.2 Å². The van der Waals surface area contributed by atoms with Crippen LogP contribution in [0.4, 0.5) is 0 Å². The molecule has 0 atom stereocenters. The zero-order valence-electron chi connectivity index (χ0n) is 11.7. The summed E-state index contributed by atoms with van der Waals surface area (Å²) < 4.78 is 10.6. The van der Waals surface area contributed by atoms with Gasteiger partial charge in [-0.15, -0.1) is 0 Å². The summed E-state index contributed by atoms with van der Waals surface area (Å²) >= 11 is 0. The third-order valence-corrected chi connectivity index (χ3v) is 3.79. The van der Waals surface area contributed by atoms with Gasteiger partial charge in [0.1, 0.15) is 0 Å². The predicted molar refractivity (Wildman–Crippen MR) is 71.9 cm³/mol. The summed E-state index contributed by atoms with van der Waals surface area (Å²) in [6, 6.07) is 6.20. The van der Waals surface area contributed by atoms with Crippen molar-refractivity contribution in [3.05, 3.63) is 23.8 Å². The molecule has 1 aromatic rings. The molecule has 1 aromatic carbocycles. The van der Waals surface area contributed by atoms with Gasteiger partial charge in [-0.05, 0) is 29.5 Å². The Bertz CT molecular complexity index is 354. The third kappa shape index (κ3) is 3.39. The maximum absolute atomic E-state index is 5.33. The minimum Gasteiger partial charge on any atom is -0.493 e. The second-order valence-electron chi connectivity index (χ2n) is 4.88. The normalized spacial score (nSPS) is 11.4. The van der Waals surface area contributed by atoms with Crippen LogP contribution in [0.2, 0.25) is 0 Å². The van der Waals surface area contributed by atoms with Crippen LogP contribution in [0.15, 0.2) is 18.2 Å². The van der Waals surface area contributed by atoms with E-state index >= 15 is 0 Å². The van der Waals surface area contributed by atoms with Crippen molar-refractivity contribution in [3.8, 4) is 11.5 Å². The molecular formula is C15H24O2. The van der Waals surface area contributed by atoms with Crippen molar-refractivity contribution in [1.29, 1.82) is 0 Å². The predicted octanol–water partition coefficient (Wildman–Crippen LogP) is 4.07. The summed E-state index contributed by atoms with van der Waals surface area (Å²) in [6.07, 6.45) is 3.47. The number of benzene rings is 1. The number of hydrogen-bond donors (Lipinski definition) is 0. The number of hydrogen-bond acceptors (Lipinski definition) is 2. The van der Waals surface area contributed by atoms with E-state index in [0.717, 1.165) is 17.9 Å². The molecule has 0 aliphatic heterocycles. The molecule has 0 saturated heterocycles. The van der Waals surface area contributed by atoms with Crippen molar-refractivity contribution in [1.82, 2.24) is 0 Å². The molecule has 0 unspecified atom stereocenters. The zero-order chi connectivity index (χ0) is 12.9. The van der Waals surface area contributed by atoms with Crippen LogP contribution in [-0.2, 0) is 6.42 Å². The fourth-order valence-corrected chi connectivity index (χ4v) is 1.98. The van der Waals surface area contributed by atoms with Crippen molar-refractivity contribution < 1.29 is 9.47 Å². The van der Waals surface area contributed by atoms with E-state index in [2.05, 4.69) is 32.9 Å². The van der Waals surface area contributed by atoms with Gasteiger partial charge < -0.3 is 9.47 Å². The van der Waals surface area contributed by atoms with E-state index in [1.54, 1.807) is 14.2 Å². The molecule has 0 saturated carbocycles. The molecule has 0 heterocycles. The Labute approximate surface area is 105 Å². The van der Waals surface area contributed by atoms with E-state index in [1.807, 2.05) is 6.07 Å². The molecule has 0 amide bonds. The number of ether oxygens (including phenoxy) is 2. The topological polar surface area (TPSA) is 18.5 Å². The Hall–Kier alpha value is -1.18. The van der Waals surface area contributed by atoms with E-state index in [9.17, 15) is 0 Å². The molecule has 0 aliphatic carbocycles. The monoisotopic (exact) mass is 236 g/mol. The minimum absolute atomic E-state index is 0.375.